The molecule has 1 fully saturated rings. The van der Waals surface area contributed by atoms with Gasteiger partial charge in [0, 0.05) is 29.6 Å². The third-order valence-electron chi connectivity index (χ3n) is 8.03. The number of hydrogen-bond donors (Lipinski definition) is 1. The lowest BCUT2D eigenvalue weighted by Crippen LogP contribution is -2.52. The number of nitrogens with zero attached hydrogens (tertiary/aromatic N) is 7. The number of halogens is 1. The summed E-state index contributed by atoms with van der Waals surface area (Å²) in [6.07, 6.45) is 1.81. The molecule has 4 heterocycles. The van der Waals surface area contributed by atoms with Gasteiger partial charge in [-0.25, -0.2) is 14.1 Å². The van der Waals surface area contributed by atoms with Crippen molar-refractivity contribution in [2.24, 2.45) is 0 Å². The van der Waals surface area contributed by atoms with Gasteiger partial charge < -0.3 is 9.80 Å². The number of carbonyl (C=O) groups excluding carboxylic acids is 2. The predicted octanol–water partition coefficient (Wildman–Crippen LogP) is 4.86. The lowest BCUT2D eigenvalue weighted by Gasteiger charge is -2.34. The van der Waals surface area contributed by atoms with Crippen molar-refractivity contribution in [3.63, 3.8) is 0 Å². The number of H-pyrrole nitrogens is 1. The van der Waals surface area contributed by atoms with Crippen LogP contribution in [0.3, 0.4) is 0 Å². The zero-order valence-electron chi connectivity index (χ0n) is 24.5. The molecule has 0 spiro atoms. The van der Waals surface area contributed by atoms with E-state index in [-0.39, 0.29) is 24.9 Å². The summed E-state index contributed by atoms with van der Waals surface area (Å²) in [5, 5.41) is 16.3. The fourth-order valence-electron chi connectivity index (χ4n) is 5.75. The molecule has 1 saturated heterocycles. The number of hydrogen-bond acceptors (Lipinski definition) is 6. The van der Waals surface area contributed by atoms with E-state index in [0.717, 1.165) is 22.5 Å². The summed E-state index contributed by atoms with van der Waals surface area (Å²) in [4.78, 5) is 35.2. The fraction of sp³-hybridized carbons (Fsp3) is 0.176. The standard InChI is InChI=1S/C34H29FN8O2/c1-22-32(28-16-25(35)12-13-29(28)36-33(22)24-10-6-3-7-11-24)34(45)42-15-14-41(31(44)21-42)18-27-20-43(40-38-27)19-26-17-30(39-37-26)23-8-4-2-5-9-23/h2-13,16-17,20H,14-15,18-19,21H2,1H3,(H,37,39). The Morgan fingerprint density at radius 1 is 0.933 bits per heavy atom. The van der Waals surface area contributed by atoms with Crippen LogP contribution in [0.25, 0.3) is 33.4 Å². The highest BCUT2D eigenvalue weighted by Gasteiger charge is 2.31. The molecule has 0 saturated carbocycles. The second-order valence-corrected chi connectivity index (χ2v) is 11.1. The molecule has 2 amide bonds. The average molecular weight is 601 g/mol. The highest BCUT2D eigenvalue weighted by molar-refractivity contribution is 6.09. The van der Waals surface area contributed by atoms with Gasteiger partial charge in [0.05, 0.1) is 47.4 Å². The van der Waals surface area contributed by atoms with Crippen molar-refractivity contribution < 1.29 is 14.0 Å². The molecule has 3 aromatic heterocycles. The number of amides is 2. The molecule has 0 atom stereocenters. The SMILES string of the molecule is Cc1c(-c2ccccc2)nc2ccc(F)cc2c1C(=O)N1CCN(Cc2cn(Cc3cc(-c4ccccc4)n[nH]3)nn2)C(=O)C1. The van der Waals surface area contributed by atoms with Gasteiger partial charge in [-0.05, 0) is 36.8 Å². The molecule has 3 aromatic carbocycles. The first-order valence-electron chi connectivity index (χ1n) is 14.6. The number of pyridine rings is 1. The summed E-state index contributed by atoms with van der Waals surface area (Å²) in [6, 6.07) is 25.7. The minimum absolute atomic E-state index is 0.0946. The molecule has 10 nitrogen and oxygen atoms in total. The number of aromatic amines is 1. The highest BCUT2D eigenvalue weighted by atomic mass is 19.1. The minimum atomic E-state index is -0.455. The zero-order chi connectivity index (χ0) is 30.9. The van der Waals surface area contributed by atoms with Crippen LogP contribution in [0.4, 0.5) is 4.39 Å². The van der Waals surface area contributed by atoms with Gasteiger partial charge in [-0.3, -0.25) is 14.7 Å². The maximum atomic E-state index is 14.4. The molecule has 1 aliphatic heterocycles. The van der Waals surface area contributed by atoms with Crippen molar-refractivity contribution in [3.8, 4) is 22.5 Å². The molecule has 1 N–H and O–H groups in total. The Balaban J connectivity index is 1.05. The summed E-state index contributed by atoms with van der Waals surface area (Å²) in [5.74, 6) is -0.977. The molecular weight excluding hydrogens is 571 g/mol. The van der Waals surface area contributed by atoms with Crippen LogP contribution in [0.15, 0.2) is 91.1 Å². The van der Waals surface area contributed by atoms with Crippen LogP contribution < -0.4 is 0 Å². The lowest BCUT2D eigenvalue weighted by atomic mass is 9.96. The second kappa shape index (κ2) is 11.8. The number of fused-ring (bicyclic) bond motifs is 1. The van der Waals surface area contributed by atoms with Gasteiger partial charge in [0.2, 0.25) is 5.91 Å². The maximum Gasteiger partial charge on any atom is 0.255 e. The smallest absolute Gasteiger partial charge is 0.255 e. The molecule has 0 radical (unpaired) electrons. The molecule has 7 rings (SSSR count). The summed E-state index contributed by atoms with van der Waals surface area (Å²) in [5.41, 5.74) is 6.41. The minimum Gasteiger partial charge on any atom is -0.333 e. The normalized spacial score (nSPS) is 13.5. The molecule has 0 unspecified atom stereocenters. The lowest BCUT2D eigenvalue weighted by molar-refractivity contribution is -0.135. The van der Waals surface area contributed by atoms with Gasteiger partial charge in [0.1, 0.15) is 18.1 Å². The summed E-state index contributed by atoms with van der Waals surface area (Å²) >= 11 is 0. The van der Waals surface area contributed by atoms with Crippen LogP contribution in [0.5, 0.6) is 0 Å². The monoisotopic (exact) mass is 600 g/mol. The van der Waals surface area contributed by atoms with Crippen LogP contribution in [-0.2, 0) is 17.9 Å². The van der Waals surface area contributed by atoms with Crippen LogP contribution in [0, 0.1) is 12.7 Å². The fourth-order valence-corrected chi connectivity index (χ4v) is 5.75. The molecule has 45 heavy (non-hydrogen) atoms. The van der Waals surface area contributed by atoms with E-state index in [1.165, 1.54) is 17.0 Å². The molecule has 6 aromatic rings. The van der Waals surface area contributed by atoms with E-state index < -0.39 is 5.82 Å². The Kier molecular flexibility index (Phi) is 7.34. The molecule has 0 aliphatic carbocycles. The third-order valence-corrected chi connectivity index (χ3v) is 8.03. The topological polar surface area (TPSA) is 113 Å². The Bertz CT molecular complexity index is 2020. The van der Waals surface area contributed by atoms with Crippen molar-refractivity contribution >= 4 is 22.7 Å². The summed E-state index contributed by atoms with van der Waals surface area (Å²) in [6.45, 7) is 3.12. The third kappa shape index (κ3) is 5.67. The van der Waals surface area contributed by atoms with Gasteiger partial charge in [-0.15, -0.1) is 5.10 Å². The summed E-state index contributed by atoms with van der Waals surface area (Å²) < 4.78 is 16.1. The van der Waals surface area contributed by atoms with Gasteiger partial charge in [0.25, 0.3) is 5.91 Å². The van der Waals surface area contributed by atoms with E-state index in [1.807, 2.05) is 73.7 Å². The van der Waals surface area contributed by atoms with Gasteiger partial charge in [-0.2, -0.15) is 5.10 Å². The van der Waals surface area contributed by atoms with E-state index in [0.29, 0.717) is 53.1 Å². The van der Waals surface area contributed by atoms with Gasteiger partial charge >= 0.3 is 0 Å². The van der Waals surface area contributed by atoms with Gasteiger partial charge in [-0.1, -0.05) is 65.9 Å². The first-order chi connectivity index (χ1) is 21.9. The van der Waals surface area contributed by atoms with Crippen LogP contribution >= 0.6 is 0 Å². The van der Waals surface area contributed by atoms with Crippen molar-refractivity contribution in [2.45, 2.75) is 20.0 Å². The van der Waals surface area contributed by atoms with E-state index in [2.05, 4.69) is 20.5 Å². The first-order valence-corrected chi connectivity index (χ1v) is 14.6. The Hall–Kier alpha value is -5.71. The largest absolute Gasteiger partial charge is 0.333 e. The van der Waals surface area contributed by atoms with E-state index >= 15 is 0 Å². The number of carbonyl (C=O) groups is 2. The van der Waals surface area contributed by atoms with Crippen LogP contribution in [-0.4, -0.2) is 71.4 Å². The maximum absolute atomic E-state index is 14.4. The van der Waals surface area contributed by atoms with Crippen molar-refractivity contribution in [2.75, 3.05) is 19.6 Å². The Morgan fingerprint density at radius 2 is 1.69 bits per heavy atom. The predicted molar refractivity (Wildman–Crippen MR) is 166 cm³/mol. The zero-order valence-corrected chi connectivity index (χ0v) is 24.5. The van der Waals surface area contributed by atoms with E-state index in [4.69, 9.17) is 4.98 Å². The number of rotatable bonds is 7. The molecule has 1 aliphatic rings. The summed E-state index contributed by atoms with van der Waals surface area (Å²) in [7, 11) is 0. The van der Waals surface area contributed by atoms with Crippen molar-refractivity contribution in [1.29, 1.82) is 0 Å². The highest BCUT2D eigenvalue weighted by Crippen LogP contribution is 2.31. The molecule has 11 heteroatoms. The van der Waals surface area contributed by atoms with Crippen molar-refractivity contribution in [3.05, 3.63) is 119 Å². The van der Waals surface area contributed by atoms with Crippen LogP contribution in [0.2, 0.25) is 0 Å². The van der Waals surface area contributed by atoms with Crippen molar-refractivity contribution in [1.82, 2.24) is 40.0 Å². The first kappa shape index (κ1) is 28.1. The Morgan fingerprint density at radius 3 is 2.44 bits per heavy atom. The number of nitrogens with one attached hydrogen (secondary N) is 1. The van der Waals surface area contributed by atoms with E-state index in [1.54, 1.807) is 21.8 Å². The quantitative estimate of drug-likeness (QED) is 0.280. The number of benzene rings is 3. The van der Waals surface area contributed by atoms with E-state index in [9.17, 15) is 14.0 Å². The molecule has 224 valence electrons. The molecular formula is C34H29FN8O2. The average Bonchev–Trinajstić information content (AvgIpc) is 3.72. The molecule has 0 bridgehead atoms. The number of piperazine rings is 1. The second-order valence-electron chi connectivity index (χ2n) is 11.1. The van der Waals surface area contributed by atoms with Gasteiger partial charge in [0.15, 0.2) is 0 Å². The van der Waals surface area contributed by atoms with Crippen LogP contribution in [0.1, 0.15) is 27.3 Å². The Labute approximate surface area is 258 Å². The number of aromatic nitrogens is 6.